The molecule has 0 aromatic heterocycles. The number of carbonyl (C=O) groups is 1. The molecular weight excluding hydrogens is 190 g/mol. The molecule has 0 spiro atoms. The van der Waals surface area contributed by atoms with Gasteiger partial charge in [-0.05, 0) is 25.2 Å². The molecule has 2 aliphatic rings. The molecule has 0 radical (unpaired) electrons. The fraction of sp³-hybridized carbons (Fsp3) is 0.818. The molecule has 1 saturated carbocycles. The predicted molar refractivity (Wildman–Crippen MR) is 59.0 cm³/mol. The zero-order valence-electron chi connectivity index (χ0n) is 9.25. The summed E-state index contributed by atoms with van der Waals surface area (Å²) in [5.41, 5.74) is 0. The molecule has 4 nitrogen and oxygen atoms in total. The van der Waals surface area contributed by atoms with Gasteiger partial charge in [0, 0.05) is 6.54 Å². The first-order valence-corrected chi connectivity index (χ1v) is 5.88. The zero-order chi connectivity index (χ0) is 10.8. The number of hydrogen-bond donors (Lipinski definition) is 2. The molecule has 2 fully saturated rings. The second-order valence-electron chi connectivity index (χ2n) is 4.60. The molecule has 1 aliphatic heterocycles. The minimum Gasteiger partial charge on any atom is -0.314 e. The Morgan fingerprint density at radius 2 is 2.27 bits per heavy atom. The lowest BCUT2D eigenvalue weighted by Crippen LogP contribution is -2.36. The van der Waals surface area contributed by atoms with Crippen LogP contribution in [0.25, 0.3) is 0 Å². The van der Waals surface area contributed by atoms with Crippen molar-refractivity contribution >= 4 is 11.9 Å². The first kappa shape index (κ1) is 10.5. The molecule has 0 aromatic carbocycles. The third-order valence-electron chi connectivity index (χ3n) is 3.19. The summed E-state index contributed by atoms with van der Waals surface area (Å²) >= 11 is 0. The molecule has 1 unspecified atom stereocenters. The molecule has 1 heterocycles. The van der Waals surface area contributed by atoms with E-state index in [9.17, 15) is 4.79 Å². The van der Waals surface area contributed by atoms with Crippen molar-refractivity contribution in [3.05, 3.63) is 0 Å². The van der Waals surface area contributed by atoms with Gasteiger partial charge in [0.1, 0.15) is 5.84 Å². The van der Waals surface area contributed by atoms with E-state index < -0.39 is 0 Å². The van der Waals surface area contributed by atoms with Crippen LogP contribution in [0.15, 0.2) is 0 Å². The van der Waals surface area contributed by atoms with E-state index in [4.69, 9.17) is 5.41 Å². The molecule has 1 atom stereocenters. The van der Waals surface area contributed by atoms with Crippen LogP contribution in [0.4, 0.5) is 4.79 Å². The number of unbranched alkanes of at least 4 members (excludes halogenated alkanes) is 1. The Morgan fingerprint density at radius 1 is 1.53 bits per heavy atom. The van der Waals surface area contributed by atoms with E-state index in [1.807, 2.05) is 4.90 Å². The number of amidine groups is 1. The van der Waals surface area contributed by atoms with Gasteiger partial charge < -0.3 is 4.90 Å². The van der Waals surface area contributed by atoms with E-state index in [0.29, 0.717) is 11.8 Å². The summed E-state index contributed by atoms with van der Waals surface area (Å²) in [6.07, 6.45) is 5.63. The average molecular weight is 209 g/mol. The van der Waals surface area contributed by atoms with Crippen LogP contribution in [0.2, 0.25) is 0 Å². The van der Waals surface area contributed by atoms with Crippen LogP contribution < -0.4 is 5.32 Å². The molecular formula is C11H19N3O. The fourth-order valence-corrected chi connectivity index (χ4v) is 2.05. The maximum atomic E-state index is 11.6. The lowest BCUT2D eigenvalue weighted by molar-refractivity contribution is 0.200. The van der Waals surface area contributed by atoms with Crippen LogP contribution in [-0.2, 0) is 0 Å². The molecule has 84 valence electrons. The van der Waals surface area contributed by atoms with Crippen LogP contribution in [0.5, 0.6) is 0 Å². The molecule has 1 saturated heterocycles. The molecule has 0 bridgehead atoms. The summed E-state index contributed by atoms with van der Waals surface area (Å²) in [4.78, 5) is 13.5. The quantitative estimate of drug-likeness (QED) is 0.714. The van der Waals surface area contributed by atoms with E-state index in [0.717, 1.165) is 25.8 Å². The molecule has 1 aliphatic carbocycles. The van der Waals surface area contributed by atoms with Crippen molar-refractivity contribution in [2.75, 3.05) is 6.54 Å². The second-order valence-corrected chi connectivity index (χ2v) is 4.60. The highest BCUT2D eigenvalue weighted by atomic mass is 16.2. The molecule has 0 aromatic rings. The van der Waals surface area contributed by atoms with Crippen molar-refractivity contribution in [2.45, 2.75) is 45.1 Å². The summed E-state index contributed by atoms with van der Waals surface area (Å²) in [6.45, 7) is 2.99. The molecule has 15 heavy (non-hydrogen) atoms. The summed E-state index contributed by atoms with van der Waals surface area (Å²) < 4.78 is 0. The summed E-state index contributed by atoms with van der Waals surface area (Å²) in [6, 6.07) is -0.0361. The van der Waals surface area contributed by atoms with Crippen molar-refractivity contribution in [2.24, 2.45) is 5.92 Å². The SMILES string of the molecule is CCCCC1C(=N)NC(=O)N1CC1CC1. The summed E-state index contributed by atoms with van der Waals surface area (Å²) in [7, 11) is 0. The van der Waals surface area contributed by atoms with Crippen LogP contribution in [-0.4, -0.2) is 29.4 Å². The van der Waals surface area contributed by atoms with Crippen molar-refractivity contribution in [1.82, 2.24) is 10.2 Å². The number of amides is 2. The zero-order valence-corrected chi connectivity index (χ0v) is 9.25. The molecule has 2 rings (SSSR count). The lowest BCUT2D eigenvalue weighted by Gasteiger charge is -2.22. The molecule has 2 amide bonds. The third-order valence-corrected chi connectivity index (χ3v) is 3.19. The number of nitrogens with one attached hydrogen (secondary N) is 2. The number of nitrogens with zero attached hydrogens (tertiary/aromatic N) is 1. The highest BCUT2D eigenvalue weighted by Gasteiger charge is 2.38. The average Bonchev–Trinajstić information content (AvgIpc) is 2.95. The van der Waals surface area contributed by atoms with E-state index in [-0.39, 0.29) is 12.1 Å². The van der Waals surface area contributed by atoms with Gasteiger partial charge in [-0.15, -0.1) is 0 Å². The minimum absolute atomic E-state index is 0.0260. The maximum Gasteiger partial charge on any atom is 0.323 e. The van der Waals surface area contributed by atoms with Crippen molar-refractivity contribution in [1.29, 1.82) is 5.41 Å². The Kier molecular flexibility index (Phi) is 2.93. The van der Waals surface area contributed by atoms with Gasteiger partial charge in [0.05, 0.1) is 6.04 Å². The number of hydrogen-bond acceptors (Lipinski definition) is 2. The van der Waals surface area contributed by atoms with Gasteiger partial charge in [0.2, 0.25) is 0 Å². The Morgan fingerprint density at radius 3 is 2.87 bits per heavy atom. The Bertz CT molecular complexity index is 273. The third kappa shape index (κ3) is 2.30. The number of urea groups is 1. The minimum atomic E-state index is -0.0620. The fourth-order valence-electron chi connectivity index (χ4n) is 2.05. The van der Waals surface area contributed by atoms with Crippen LogP contribution in [0.3, 0.4) is 0 Å². The summed E-state index contributed by atoms with van der Waals surface area (Å²) in [5.74, 6) is 1.10. The predicted octanol–water partition coefficient (Wildman–Crippen LogP) is 1.96. The van der Waals surface area contributed by atoms with Crippen LogP contribution >= 0.6 is 0 Å². The smallest absolute Gasteiger partial charge is 0.314 e. The standard InChI is InChI=1S/C11H19N3O/c1-2-3-4-9-10(12)13-11(15)14(9)7-8-5-6-8/h8-9H,2-7H2,1H3,(H2,12,13,15). The largest absolute Gasteiger partial charge is 0.323 e. The topological polar surface area (TPSA) is 56.2 Å². The normalized spacial score (nSPS) is 25.9. The van der Waals surface area contributed by atoms with Crippen LogP contribution in [0.1, 0.15) is 39.0 Å². The van der Waals surface area contributed by atoms with Gasteiger partial charge in [0.25, 0.3) is 0 Å². The van der Waals surface area contributed by atoms with Gasteiger partial charge >= 0.3 is 6.03 Å². The molecule has 4 heteroatoms. The summed E-state index contributed by atoms with van der Waals surface area (Å²) in [5, 5.41) is 10.4. The first-order chi connectivity index (χ1) is 7.22. The van der Waals surface area contributed by atoms with Gasteiger partial charge in [-0.2, -0.15) is 0 Å². The van der Waals surface area contributed by atoms with Crippen molar-refractivity contribution < 1.29 is 4.79 Å². The Hall–Kier alpha value is -1.06. The van der Waals surface area contributed by atoms with Gasteiger partial charge in [-0.3, -0.25) is 10.7 Å². The Balaban J connectivity index is 1.95. The van der Waals surface area contributed by atoms with Crippen molar-refractivity contribution in [3.8, 4) is 0 Å². The van der Waals surface area contributed by atoms with E-state index in [1.165, 1.54) is 12.8 Å². The van der Waals surface area contributed by atoms with E-state index >= 15 is 0 Å². The lowest BCUT2D eigenvalue weighted by atomic mass is 10.1. The van der Waals surface area contributed by atoms with Crippen molar-refractivity contribution in [3.63, 3.8) is 0 Å². The van der Waals surface area contributed by atoms with E-state index in [2.05, 4.69) is 12.2 Å². The Labute approximate surface area is 90.5 Å². The van der Waals surface area contributed by atoms with Gasteiger partial charge in [-0.1, -0.05) is 19.8 Å². The first-order valence-electron chi connectivity index (χ1n) is 5.88. The second kappa shape index (κ2) is 4.21. The van der Waals surface area contributed by atoms with Gasteiger partial charge in [0.15, 0.2) is 0 Å². The molecule has 2 N–H and O–H groups in total. The number of carbonyl (C=O) groups excluding carboxylic acids is 1. The van der Waals surface area contributed by atoms with Crippen LogP contribution in [0, 0.1) is 11.3 Å². The highest BCUT2D eigenvalue weighted by molar-refractivity contribution is 6.05. The van der Waals surface area contributed by atoms with E-state index in [1.54, 1.807) is 0 Å². The van der Waals surface area contributed by atoms with Gasteiger partial charge in [-0.25, -0.2) is 4.79 Å². The number of rotatable bonds is 5. The maximum absolute atomic E-state index is 11.6. The highest BCUT2D eigenvalue weighted by Crippen LogP contribution is 2.31. The monoisotopic (exact) mass is 209 g/mol.